The predicted molar refractivity (Wildman–Crippen MR) is 89.2 cm³/mol. The van der Waals surface area contributed by atoms with Crippen molar-refractivity contribution >= 4 is 17.7 Å². The van der Waals surface area contributed by atoms with Crippen LogP contribution in [-0.2, 0) is 19.1 Å². The Bertz CT molecular complexity index is 463. The zero-order chi connectivity index (χ0) is 17.5. The van der Waals surface area contributed by atoms with Gasteiger partial charge in [-0.2, -0.15) is 0 Å². The number of nitrogens with zero attached hydrogens (tertiary/aromatic N) is 1. The smallest absolute Gasteiger partial charge is 0.223 e. The molecular weight excluding hydrogens is 310 g/mol. The van der Waals surface area contributed by atoms with E-state index in [9.17, 15) is 14.4 Å². The molecule has 7 nitrogen and oxygen atoms in total. The minimum absolute atomic E-state index is 0.0263. The average molecular weight is 339 g/mol. The van der Waals surface area contributed by atoms with Gasteiger partial charge in [-0.25, -0.2) is 0 Å². The van der Waals surface area contributed by atoms with E-state index < -0.39 is 0 Å². The number of nitrogens with one attached hydrogen (secondary N) is 2. The molecule has 0 bridgehead atoms. The van der Waals surface area contributed by atoms with Gasteiger partial charge in [0, 0.05) is 58.2 Å². The molecule has 0 aliphatic carbocycles. The van der Waals surface area contributed by atoms with Gasteiger partial charge in [-0.15, -0.1) is 0 Å². The molecule has 24 heavy (non-hydrogen) atoms. The second-order valence-electron chi connectivity index (χ2n) is 6.90. The molecule has 136 valence electrons. The Kier molecular flexibility index (Phi) is 7.02. The highest BCUT2D eigenvalue weighted by atomic mass is 16.5. The van der Waals surface area contributed by atoms with Gasteiger partial charge in [-0.1, -0.05) is 6.42 Å². The molecule has 2 unspecified atom stereocenters. The number of hydrogen-bond acceptors (Lipinski definition) is 4. The third-order valence-corrected chi connectivity index (χ3v) is 4.79. The third kappa shape index (κ3) is 5.78. The number of carbonyl (C=O) groups excluding carboxylic acids is 3. The fourth-order valence-electron chi connectivity index (χ4n) is 3.39. The van der Waals surface area contributed by atoms with Crippen molar-refractivity contribution in [3.8, 4) is 0 Å². The maximum atomic E-state index is 12.6. The van der Waals surface area contributed by atoms with Gasteiger partial charge < -0.3 is 20.3 Å². The lowest BCUT2D eigenvalue weighted by Crippen LogP contribution is -2.44. The van der Waals surface area contributed by atoms with Crippen LogP contribution in [0.25, 0.3) is 0 Å². The third-order valence-electron chi connectivity index (χ3n) is 4.79. The summed E-state index contributed by atoms with van der Waals surface area (Å²) in [4.78, 5) is 37.8. The highest BCUT2D eigenvalue weighted by molar-refractivity contribution is 5.86. The molecule has 7 heteroatoms. The van der Waals surface area contributed by atoms with Crippen molar-refractivity contribution in [2.24, 2.45) is 5.92 Å². The van der Waals surface area contributed by atoms with Gasteiger partial charge in [0.2, 0.25) is 17.7 Å². The van der Waals surface area contributed by atoms with Gasteiger partial charge in [0.25, 0.3) is 0 Å². The zero-order valence-electron chi connectivity index (χ0n) is 14.7. The normalized spacial score (nSPS) is 26.9. The van der Waals surface area contributed by atoms with E-state index in [0.29, 0.717) is 26.2 Å². The monoisotopic (exact) mass is 339 g/mol. The summed E-state index contributed by atoms with van der Waals surface area (Å²) in [7, 11) is 1.73. The van der Waals surface area contributed by atoms with Crippen LogP contribution in [0.2, 0.25) is 0 Å². The molecule has 2 fully saturated rings. The van der Waals surface area contributed by atoms with E-state index in [1.165, 1.54) is 6.92 Å². The van der Waals surface area contributed by atoms with E-state index in [1.807, 2.05) is 0 Å². The van der Waals surface area contributed by atoms with Gasteiger partial charge in [0.1, 0.15) is 0 Å². The van der Waals surface area contributed by atoms with Crippen LogP contribution in [0.1, 0.15) is 45.4 Å². The van der Waals surface area contributed by atoms with Crippen LogP contribution in [0, 0.1) is 5.92 Å². The lowest BCUT2D eigenvalue weighted by molar-refractivity contribution is -0.136. The van der Waals surface area contributed by atoms with Crippen molar-refractivity contribution < 1.29 is 19.1 Å². The highest BCUT2D eigenvalue weighted by Gasteiger charge is 2.28. The van der Waals surface area contributed by atoms with Crippen molar-refractivity contribution in [1.82, 2.24) is 15.5 Å². The van der Waals surface area contributed by atoms with Crippen molar-refractivity contribution in [3.05, 3.63) is 0 Å². The van der Waals surface area contributed by atoms with Gasteiger partial charge >= 0.3 is 0 Å². The summed E-state index contributed by atoms with van der Waals surface area (Å²) < 4.78 is 5.31. The van der Waals surface area contributed by atoms with E-state index in [4.69, 9.17) is 4.74 Å². The minimum atomic E-state index is -0.293. The highest BCUT2D eigenvalue weighted by Crippen LogP contribution is 2.19. The van der Waals surface area contributed by atoms with E-state index in [-0.39, 0.29) is 42.1 Å². The quantitative estimate of drug-likeness (QED) is 0.781. The maximum absolute atomic E-state index is 12.6. The van der Waals surface area contributed by atoms with Crippen LogP contribution in [0.4, 0.5) is 0 Å². The molecule has 2 saturated heterocycles. The largest absolute Gasteiger partial charge is 0.381 e. The lowest BCUT2D eigenvalue weighted by atomic mass is 9.95. The topological polar surface area (TPSA) is 87.7 Å². The Labute approximate surface area is 143 Å². The predicted octanol–water partition coefficient (Wildman–Crippen LogP) is 0.435. The second kappa shape index (κ2) is 9.01. The first kappa shape index (κ1) is 18.7. The number of ether oxygens (including phenoxy) is 1. The molecule has 2 atom stereocenters. The molecule has 0 aromatic carbocycles. The Morgan fingerprint density at radius 2 is 1.79 bits per heavy atom. The van der Waals surface area contributed by atoms with Gasteiger partial charge in [0.15, 0.2) is 0 Å². The minimum Gasteiger partial charge on any atom is -0.381 e. The van der Waals surface area contributed by atoms with Crippen LogP contribution in [0.3, 0.4) is 0 Å². The summed E-state index contributed by atoms with van der Waals surface area (Å²) >= 11 is 0. The fraction of sp³-hybridized carbons (Fsp3) is 0.824. The summed E-state index contributed by atoms with van der Waals surface area (Å²) in [5.41, 5.74) is 0. The molecule has 0 radical (unpaired) electrons. The van der Waals surface area contributed by atoms with E-state index in [0.717, 1.165) is 25.7 Å². The number of carbonyl (C=O) groups is 3. The van der Waals surface area contributed by atoms with Crippen LogP contribution >= 0.6 is 0 Å². The average Bonchev–Trinajstić information content (AvgIpc) is 2.59. The summed E-state index contributed by atoms with van der Waals surface area (Å²) in [6.45, 7) is 3.33. The van der Waals surface area contributed by atoms with E-state index in [1.54, 1.807) is 11.9 Å². The van der Waals surface area contributed by atoms with Gasteiger partial charge in [-0.05, 0) is 25.7 Å². The number of rotatable bonds is 3. The van der Waals surface area contributed by atoms with Gasteiger partial charge in [0.05, 0.1) is 0 Å². The maximum Gasteiger partial charge on any atom is 0.223 e. The van der Waals surface area contributed by atoms with Crippen molar-refractivity contribution in [2.45, 2.75) is 57.5 Å². The second-order valence-corrected chi connectivity index (χ2v) is 6.90. The van der Waals surface area contributed by atoms with E-state index >= 15 is 0 Å². The van der Waals surface area contributed by atoms with Crippen molar-refractivity contribution in [3.63, 3.8) is 0 Å². The first-order valence-corrected chi connectivity index (χ1v) is 8.85. The molecule has 2 aliphatic rings. The Morgan fingerprint density at radius 3 is 2.46 bits per heavy atom. The van der Waals surface area contributed by atoms with Crippen LogP contribution in [0.15, 0.2) is 0 Å². The van der Waals surface area contributed by atoms with E-state index in [2.05, 4.69) is 10.6 Å². The Balaban J connectivity index is 1.94. The molecule has 2 aliphatic heterocycles. The number of likely N-dealkylation sites (N-methyl/N-ethyl adjacent to an activating group) is 1. The standard InChI is InChI=1S/C17H29N3O4/c1-12(21)18-15-5-3-4-13(10-16(22)20(2)11-15)17(23)19-14-6-8-24-9-7-14/h13-15H,3-11H2,1-2H3,(H,18,21)(H,19,23). The van der Waals surface area contributed by atoms with Crippen molar-refractivity contribution in [2.75, 3.05) is 26.8 Å². The Hall–Kier alpha value is -1.63. The number of hydrogen-bond donors (Lipinski definition) is 2. The number of amides is 3. The molecule has 0 aromatic heterocycles. The Morgan fingerprint density at radius 1 is 1.08 bits per heavy atom. The molecule has 2 N–H and O–H groups in total. The van der Waals surface area contributed by atoms with Gasteiger partial charge in [-0.3, -0.25) is 14.4 Å². The molecule has 2 heterocycles. The molecular formula is C17H29N3O4. The molecule has 0 saturated carbocycles. The first-order valence-electron chi connectivity index (χ1n) is 8.85. The zero-order valence-corrected chi connectivity index (χ0v) is 14.7. The first-order chi connectivity index (χ1) is 11.5. The summed E-state index contributed by atoms with van der Waals surface area (Å²) in [5.74, 6) is -0.450. The molecule has 0 spiro atoms. The fourth-order valence-corrected chi connectivity index (χ4v) is 3.39. The summed E-state index contributed by atoms with van der Waals surface area (Å²) in [5, 5.41) is 5.97. The van der Waals surface area contributed by atoms with Crippen LogP contribution in [0.5, 0.6) is 0 Å². The van der Waals surface area contributed by atoms with Crippen molar-refractivity contribution in [1.29, 1.82) is 0 Å². The van der Waals surface area contributed by atoms with Crippen LogP contribution < -0.4 is 10.6 Å². The van der Waals surface area contributed by atoms with Crippen LogP contribution in [-0.4, -0.2) is 61.5 Å². The summed E-state index contributed by atoms with van der Waals surface area (Å²) in [6, 6.07) is 0.104. The molecule has 0 aromatic rings. The molecule has 3 amide bonds. The SMILES string of the molecule is CC(=O)NC1CCCC(C(=O)NC2CCOCC2)CC(=O)N(C)C1. The summed E-state index contributed by atoms with van der Waals surface area (Å²) in [6.07, 6.45) is 4.16. The lowest BCUT2D eigenvalue weighted by Gasteiger charge is -2.26. The molecule has 2 rings (SSSR count).